The van der Waals surface area contributed by atoms with Gasteiger partial charge in [-0.1, -0.05) is 6.07 Å². The molecule has 29 heavy (non-hydrogen) atoms. The van der Waals surface area contributed by atoms with Crippen molar-refractivity contribution in [3.63, 3.8) is 0 Å². The van der Waals surface area contributed by atoms with Crippen molar-refractivity contribution < 1.29 is 9.50 Å². The van der Waals surface area contributed by atoms with E-state index >= 15 is 0 Å². The van der Waals surface area contributed by atoms with Gasteiger partial charge in [0.2, 0.25) is 0 Å². The lowest BCUT2D eigenvalue weighted by Crippen LogP contribution is -2.25. The summed E-state index contributed by atoms with van der Waals surface area (Å²) in [5.41, 5.74) is 3.09. The Morgan fingerprint density at radius 1 is 1.24 bits per heavy atom. The SMILES string of the molecule is Cc1cccc(Cn2ncc3c4cc(F)c(CNCCO)cc4n(C)c3c2=O)n1. The first-order valence-electron chi connectivity index (χ1n) is 9.40. The molecular weight excluding hydrogens is 373 g/mol. The second kappa shape index (κ2) is 7.73. The van der Waals surface area contributed by atoms with Gasteiger partial charge in [0, 0.05) is 47.7 Å². The van der Waals surface area contributed by atoms with Gasteiger partial charge in [0.25, 0.3) is 5.56 Å². The number of nitrogens with one attached hydrogen (secondary N) is 1. The van der Waals surface area contributed by atoms with E-state index in [0.717, 1.165) is 16.9 Å². The second-order valence-electron chi connectivity index (χ2n) is 7.06. The van der Waals surface area contributed by atoms with Crippen molar-refractivity contribution in [2.24, 2.45) is 7.05 Å². The van der Waals surface area contributed by atoms with Crippen molar-refractivity contribution in [1.82, 2.24) is 24.6 Å². The molecule has 0 aliphatic carbocycles. The fourth-order valence-electron chi connectivity index (χ4n) is 3.61. The van der Waals surface area contributed by atoms with Gasteiger partial charge in [0.1, 0.15) is 11.3 Å². The Morgan fingerprint density at radius 2 is 2.07 bits per heavy atom. The van der Waals surface area contributed by atoms with Crippen LogP contribution in [0.5, 0.6) is 0 Å². The summed E-state index contributed by atoms with van der Waals surface area (Å²) in [6.45, 7) is 2.83. The maximum Gasteiger partial charge on any atom is 0.291 e. The molecule has 0 fully saturated rings. The van der Waals surface area contributed by atoms with E-state index in [1.54, 1.807) is 23.9 Å². The van der Waals surface area contributed by atoms with Crippen molar-refractivity contribution in [2.75, 3.05) is 13.2 Å². The Balaban J connectivity index is 1.82. The Hall–Kier alpha value is -3.10. The molecule has 8 heteroatoms. The highest BCUT2D eigenvalue weighted by molar-refractivity contribution is 6.07. The van der Waals surface area contributed by atoms with E-state index in [2.05, 4.69) is 15.4 Å². The van der Waals surface area contributed by atoms with Crippen LogP contribution in [0.3, 0.4) is 0 Å². The van der Waals surface area contributed by atoms with Crippen LogP contribution in [-0.4, -0.2) is 37.6 Å². The summed E-state index contributed by atoms with van der Waals surface area (Å²) in [6, 6.07) is 8.83. The molecule has 0 bridgehead atoms. The highest BCUT2D eigenvalue weighted by Crippen LogP contribution is 2.28. The number of benzene rings is 1. The maximum absolute atomic E-state index is 14.6. The van der Waals surface area contributed by atoms with E-state index in [1.807, 2.05) is 25.1 Å². The Labute approximate surface area is 166 Å². The van der Waals surface area contributed by atoms with Crippen molar-refractivity contribution >= 4 is 21.8 Å². The number of aliphatic hydroxyl groups excluding tert-OH is 1. The van der Waals surface area contributed by atoms with Gasteiger partial charge in [-0.15, -0.1) is 0 Å². The third-order valence-electron chi connectivity index (χ3n) is 5.03. The summed E-state index contributed by atoms with van der Waals surface area (Å²) in [4.78, 5) is 17.5. The normalized spacial score (nSPS) is 11.6. The number of fused-ring (bicyclic) bond motifs is 3. The number of pyridine rings is 1. The Morgan fingerprint density at radius 3 is 2.83 bits per heavy atom. The summed E-state index contributed by atoms with van der Waals surface area (Å²) >= 11 is 0. The van der Waals surface area contributed by atoms with E-state index in [4.69, 9.17) is 5.11 Å². The maximum atomic E-state index is 14.6. The number of nitrogens with zero attached hydrogens (tertiary/aromatic N) is 4. The fourth-order valence-corrected chi connectivity index (χ4v) is 3.61. The molecule has 3 aromatic heterocycles. The summed E-state index contributed by atoms with van der Waals surface area (Å²) in [7, 11) is 1.80. The quantitative estimate of drug-likeness (QED) is 0.487. The van der Waals surface area contributed by atoms with Gasteiger partial charge in [0.05, 0.1) is 25.0 Å². The average Bonchev–Trinajstić information content (AvgIpc) is 2.96. The van der Waals surface area contributed by atoms with Gasteiger partial charge in [-0.25, -0.2) is 9.07 Å². The van der Waals surface area contributed by atoms with Crippen molar-refractivity contribution in [1.29, 1.82) is 0 Å². The van der Waals surface area contributed by atoms with E-state index in [0.29, 0.717) is 34.9 Å². The molecular formula is C21H22FN5O2. The fraction of sp³-hybridized carbons (Fsp3) is 0.286. The molecule has 0 spiro atoms. The zero-order valence-electron chi connectivity index (χ0n) is 16.3. The van der Waals surface area contributed by atoms with Crippen LogP contribution in [0.4, 0.5) is 4.39 Å². The molecule has 4 aromatic rings. The lowest BCUT2D eigenvalue weighted by Gasteiger charge is -2.06. The van der Waals surface area contributed by atoms with Crippen molar-refractivity contribution in [3.8, 4) is 0 Å². The summed E-state index contributed by atoms with van der Waals surface area (Å²) in [5, 5.41) is 17.4. The third kappa shape index (κ3) is 3.52. The zero-order chi connectivity index (χ0) is 20.5. The number of aryl methyl sites for hydroxylation is 2. The van der Waals surface area contributed by atoms with Crippen LogP contribution >= 0.6 is 0 Å². The van der Waals surface area contributed by atoms with Gasteiger partial charge in [0.15, 0.2) is 0 Å². The monoisotopic (exact) mass is 395 g/mol. The van der Waals surface area contributed by atoms with Gasteiger partial charge < -0.3 is 15.0 Å². The molecule has 1 aromatic carbocycles. The summed E-state index contributed by atoms with van der Waals surface area (Å²) in [5.74, 6) is -0.358. The van der Waals surface area contributed by atoms with Crippen LogP contribution < -0.4 is 10.9 Å². The Bertz CT molecular complexity index is 1260. The van der Waals surface area contributed by atoms with Gasteiger partial charge in [-0.2, -0.15) is 5.10 Å². The number of halogens is 1. The number of rotatable bonds is 6. The van der Waals surface area contributed by atoms with E-state index < -0.39 is 0 Å². The number of aliphatic hydroxyl groups is 1. The van der Waals surface area contributed by atoms with Crippen LogP contribution in [0.25, 0.3) is 21.8 Å². The molecule has 150 valence electrons. The number of hydrogen-bond donors (Lipinski definition) is 2. The van der Waals surface area contributed by atoms with Crippen LogP contribution in [-0.2, 0) is 20.1 Å². The van der Waals surface area contributed by atoms with Gasteiger partial charge >= 0.3 is 0 Å². The molecule has 0 radical (unpaired) electrons. The first-order valence-corrected chi connectivity index (χ1v) is 9.40. The van der Waals surface area contributed by atoms with Gasteiger partial charge in [-0.3, -0.25) is 9.78 Å². The predicted molar refractivity (Wildman–Crippen MR) is 109 cm³/mol. The van der Waals surface area contributed by atoms with Crippen LogP contribution in [0, 0.1) is 12.7 Å². The van der Waals surface area contributed by atoms with E-state index in [-0.39, 0.29) is 24.5 Å². The summed E-state index contributed by atoms with van der Waals surface area (Å²) < 4.78 is 17.7. The average molecular weight is 395 g/mol. The van der Waals surface area contributed by atoms with Crippen molar-refractivity contribution in [3.05, 3.63) is 69.7 Å². The first kappa shape index (κ1) is 19.2. The molecule has 0 aliphatic rings. The van der Waals surface area contributed by atoms with Crippen LogP contribution in [0.15, 0.2) is 41.3 Å². The molecule has 0 aliphatic heterocycles. The molecule has 7 nitrogen and oxygen atoms in total. The van der Waals surface area contributed by atoms with Crippen molar-refractivity contribution in [2.45, 2.75) is 20.0 Å². The van der Waals surface area contributed by atoms with Crippen LogP contribution in [0.2, 0.25) is 0 Å². The first-order chi connectivity index (χ1) is 14.0. The minimum Gasteiger partial charge on any atom is -0.395 e. The molecule has 4 rings (SSSR count). The molecule has 0 saturated heterocycles. The molecule has 0 unspecified atom stereocenters. The largest absolute Gasteiger partial charge is 0.395 e. The smallest absolute Gasteiger partial charge is 0.291 e. The van der Waals surface area contributed by atoms with E-state index in [1.165, 1.54) is 10.7 Å². The highest BCUT2D eigenvalue weighted by atomic mass is 19.1. The van der Waals surface area contributed by atoms with Crippen LogP contribution in [0.1, 0.15) is 17.0 Å². The van der Waals surface area contributed by atoms with E-state index in [9.17, 15) is 9.18 Å². The topological polar surface area (TPSA) is 85.0 Å². The lowest BCUT2D eigenvalue weighted by molar-refractivity contribution is 0.291. The molecule has 0 saturated carbocycles. The Kier molecular flexibility index (Phi) is 5.12. The minimum absolute atomic E-state index is 0.0150. The number of aromatic nitrogens is 4. The molecule has 2 N–H and O–H groups in total. The minimum atomic E-state index is -0.358. The molecule has 3 heterocycles. The molecule has 0 atom stereocenters. The van der Waals surface area contributed by atoms with Gasteiger partial charge in [-0.05, 0) is 31.2 Å². The number of hydrogen-bond acceptors (Lipinski definition) is 5. The third-order valence-corrected chi connectivity index (χ3v) is 5.03. The molecule has 0 amide bonds. The predicted octanol–water partition coefficient (Wildman–Crippen LogP) is 1.86. The lowest BCUT2D eigenvalue weighted by atomic mass is 10.1. The zero-order valence-corrected chi connectivity index (χ0v) is 16.3. The second-order valence-corrected chi connectivity index (χ2v) is 7.06. The summed E-state index contributed by atoms with van der Waals surface area (Å²) in [6.07, 6.45) is 1.61. The standard InChI is InChI=1S/C21H22FN5O2/c1-13-4-3-5-15(25-13)12-27-21(29)20-17(11-24-27)16-9-18(22)14(10-23-6-7-28)8-19(16)26(20)2/h3-5,8-9,11,23,28H,6-7,10,12H2,1-2H3. The highest BCUT2D eigenvalue weighted by Gasteiger charge is 2.17.